The van der Waals surface area contributed by atoms with Crippen molar-refractivity contribution in [2.24, 2.45) is 0 Å². The van der Waals surface area contributed by atoms with E-state index in [0.29, 0.717) is 26.1 Å². The first-order chi connectivity index (χ1) is 10.8. The molecule has 0 amide bonds. The minimum absolute atomic E-state index is 0.0138. The zero-order valence-corrected chi connectivity index (χ0v) is 14.4. The molecule has 0 radical (unpaired) electrons. The molecule has 0 aromatic heterocycles. The van der Waals surface area contributed by atoms with Gasteiger partial charge in [0.05, 0.1) is 17.8 Å². The topological polar surface area (TPSA) is 92.8 Å². The lowest BCUT2D eigenvalue weighted by atomic mass is 9.94. The van der Waals surface area contributed by atoms with E-state index < -0.39 is 26.8 Å². The van der Waals surface area contributed by atoms with Gasteiger partial charge in [-0.25, -0.2) is 8.42 Å². The minimum Gasteiger partial charge on any atom is -0.466 e. The van der Waals surface area contributed by atoms with Crippen LogP contribution in [0.1, 0.15) is 33.1 Å². The number of ether oxygens (including phenoxy) is 1. The van der Waals surface area contributed by atoms with Gasteiger partial charge in [-0.1, -0.05) is 6.08 Å². The number of esters is 1. The predicted octanol–water partition coefficient (Wildman–Crippen LogP) is 0.221. The zero-order valence-electron chi connectivity index (χ0n) is 13.6. The highest BCUT2D eigenvalue weighted by Crippen LogP contribution is 2.34. The molecule has 8 heteroatoms. The molecule has 130 valence electrons. The van der Waals surface area contributed by atoms with E-state index in [0.717, 1.165) is 0 Å². The fourth-order valence-corrected chi connectivity index (χ4v) is 5.13. The summed E-state index contributed by atoms with van der Waals surface area (Å²) in [4.78, 5) is 23.5. The van der Waals surface area contributed by atoms with Crippen molar-refractivity contribution in [1.29, 1.82) is 0 Å². The SMILES string of the molecule is CCOC(=O)CC1CNCCN1S(=O)(=O)C1(C)CC=CC(=O)C1. The highest BCUT2D eigenvalue weighted by Gasteiger charge is 2.47. The first-order valence-electron chi connectivity index (χ1n) is 7.87. The second-order valence-electron chi connectivity index (χ2n) is 6.18. The van der Waals surface area contributed by atoms with Crippen molar-refractivity contribution in [1.82, 2.24) is 9.62 Å². The van der Waals surface area contributed by atoms with Crippen molar-refractivity contribution in [3.05, 3.63) is 12.2 Å². The molecule has 0 aromatic rings. The van der Waals surface area contributed by atoms with E-state index >= 15 is 0 Å². The summed E-state index contributed by atoms with van der Waals surface area (Å²) in [7, 11) is -3.71. The van der Waals surface area contributed by atoms with Gasteiger partial charge in [-0.05, 0) is 26.3 Å². The summed E-state index contributed by atoms with van der Waals surface area (Å²) in [5.74, 6) is -0.592. The molecule has 2 atom stereocenters. The number of allylic oxidation sites excluding steroid dienone is 2. The van der Waals surface area contributed by atoms with Crippen LogP contribution in [0.5, 0.6) is 0 Å². The molecular formula is C15H24N2O5S. The Morgan fingerprint density at radius 2 is 2.26 bits per heavy atom. The van der Waals surface area contributed by atoms with E-state index in [1.807, 2.05) is 0 Å². The van der Waals surface area contributed by atoms with Crippen LogP contribution in [0.4, 0.5) is 0 Å². The van der Waals surface area contributed by atoms with Crippen molar-refractivity contribution in [3.63, 3.8) is 0 Å². The van der Waals surface area contributed by atoms with E-state index in [1.54, 1.807) is 19.9 Å². The van der Waals surface area contributed by atoms with Crippen LogP contribution in [0.3, 0.4) is 0 Å². The third-order valence-corrected chi connectivity index (χ3v) is 6.99. The van der Waals surface area contributed by atoms with Gasteiger partial charge in [0.15, 0.2) is 5.78 Å². The van der Waals surface area contributed by atoms with Crippen LogP contribution in [0.25, 0.3) is 0 Å². The zero-order chi connectivity index (χ0) is 17.1. The van der Waals surface area contributed by atoms with Crippen LogP contribution in [-0.4, -0.2) is 61.5 Å². The highest BCUT2D eigenvalue weighted by molar-refractivity contribution is 7.90. The number of ketones is 1. The molecule has 1 heterocycles. The Bertz CT molecular complexity index is 601. The molecular weight excluding hydrogens is 320 g/mol. The maximum atomic E-state index is 13.1. The summed E-state index contributed by atoms with van der Waals surface area (Å²) in [5, 5.41) is 3.11. The largest absolute Gasteiger partial charge is 0.466 e. The van der Waals surface area contributed by atoms with Crippen LogP contribution < -0.4 is 5.32 Å². The summed E-state index contributed by atoms with van der Waals surface area (Å²) in [6, 6.07) is -0.481. The van der Waals surface area contributed by atoms with Gasteiger partial charge in [0.2, 0.25) is 10.0 Å². The Morgan fingerprint density at radius 1 is 1.52 bits per heavy atom. The molecule has 7 nitrogen and oxygen atoms in total. The average Bonchev–Trinajstić information content (AvgIpc) is 2.47. The van der Waals surface area contributed by atoms with Crippen LogP contribution in [0.15, 0.2) is 12.2 Å². The molecule has 1 N–H and O–H groups in total. The Balaban J connectivity index is 2.23. The van der Waals surface area contributed by atoms with Crippen LogP contribution in [0.2, 0.25) is 0 Å². The normalized spacial score (nSPS) is 29.5. The summed E-state index contributed by atoms with van der Waals surface area (Å²) in [6.45, 7) is 4.80. The van der Waals surface area contributed by atoms with Crippen molar-refractivity contribution in [2.75, 3.05) is 26.2 Å². The maximum absolute atomic E-state index is 13.1. The summed E-state index contributed by atoms with van der Waals surface area (Å²) in [6.07, 6.45) is 3.34. The molecule has 1 aliphatic heterocycles. The van der Waals surface area contributed by atoms with E-state index in [-0.39, 0.29) is 25.2 Å². The lowest BCUT2D eigenvalue weighted by Crippen LogP contribution is -2.59. The molecule has 1 fully saturated rings. The van der Waals surface area contributed by atoms with Gasteiger partial charge in [0.1, 0.15) is 0 Å². The lowest BCUT2D eigenvalue weighted by Gasteiger charge is -2.41. The minimum atomic E-state index is -3.71. The Labute approximate surface area is 137 Å². The predicted molar refractivity (Wildman–Crippen MR) is 85.3 cm³/mol. The van der Waals surface area contributed by atoms with Gasteiger partial charge in [0, 0.05) is 32.1 Å². The van der Waals surface area contributed by atoms with Crippen LogP contribution in [0, 0.1) is 0 Å². The number of carbonyl (C=O) groups excluding carboxylic acids is 2. The molecule has 0 bridgehead atoms. The van der Waals surface area contributed by atoms with Crippen molar-refractivity contribution < 1.29 is 22.7 Å². The smallest absolute Gasteiger partial charge is 0.307 e. The Kier molecular flexibility index (Phi) is 5.59. The molecule has 2 aliphatic rings. The second-order valence-corrected chi connectivity index (χ2v) is 8.59. The molecule has 2 unspecified atom stereocenters. The molecule has 0 spiro atoms. The third-order valence-electron chi connectivity index (χ3n) is 4.34. The number of nitrogens with one attached hydrogen (secondary N) is 1. The molecule has 1 aliphatic carbocycles. The number of carbonyl (C=O) groups is 2. The standard InChI is InChI=1S/C15H24N2O5S/c1-3-22-14(19)9-12-11-16-7-8-17(12)23(20,21)15(2)6-4-5-13(18)10-15/h4-5,12,16H,3,6-11H2,1-2H3. The van der Waals surface area contributed by atoms with Gasteiger partial charge in [-0.3, -0.25) is 9.59 Å². The first-order valence-corrected chi connectivity index (χ1v) is 9.31. The number of hydrogen-bond acceptors (Lipinski definition) is 6. The van der Waals surface area contributed by atoms with Crippen molar-refractivity contribution >= 4 is 21.8 Å². The van der Waals surface area contributed by atoms with E-state index in [1.165, 1.54) is 10.4 Å². The third kappa shape index (κ3) is 3.81. The quantitative estimate of drug-likeness (QED) is 0.717. The monoisotopic (exact) mass is 344 g/mol. The first kappa shape index (κ1) is 18.1. The Hall–Kier alpha value is -1.25. The lowest BCUT2D eigenvalue weighted by molar-refractivity contribution is -0.144. The van der Waals surface area contributed by atoms with Crippen molar-refractivity contribution in [2.45, 2.75) is 43.9 Å². The van der Waals surface area contributed by atoms with E-state index in [9.17, 15) is 18.0 Å². The maximum Gasteiger partial charge on any atom is 0.307 e. The second kappa shape index (κ2) is 7.11. The molecule has 0 aromatic carbocycles. The molecule has 1 saturated heterocycles. The van der Waals surface area contributed by atoms with Gasteiger partial charge >= 0.3 is 5.97 Å². The van der Waals surface area contributed by atoms with Gasteiger partial charge in [-0.15, -0.1) is 0 Å². The van der Waals surface area contributed by atoms with Gasteiger partial charge in [-0.2, -0.15) is 4.31 Å². The summed E-state index contributed by atoms with van der Waals surface area (Å²) < 4.78 is 31.4. The van der Waals surface area contributed by atoms with E-state index in [4.69, 9.17) is 4.74 Å². The average molecular weight is 344 g/mol. The van der Waals surface area contributed by atoms with Crippen LogP contribution >= 0.6 is 0 Å². The van der Waals surface area contributed by atoms with Gasteiger partial charge < -0.3 is 10.1 Å². The number of piperazine rings is 1. The molecule has 0 saturated carbocycles. The highest BCUT2D eigenvalue weighted by atomic mass is 32.2. The molecule has 23 heavy (non-hydrogen) atoms. The number of sulfonamides is 1. The number of nitrogens with zero attached hydrogens (tertiary/aromatic N) is 1. The fraction of sp³-hybridized carbons (Fsp3) is 0.733. The van der Waals surface area contributed by atoms with Crippen molar-refractivity contribution in [3.8, 4) is 0 Å². The number of rotatable bonds is 5. The van der Waals surface area contributed by atoms with Gasteiger partial charge in [0.25, 0.3) is 0 Å². The summed E-state index contributed by atoms with van der Waals surface area (Å²) >= 11 is 0. The summed E-state index contributed by atoms with van der Waals surface area (Å²) in [5.41, 5.74) is 0. The van der Waals surface area contributed by atoms with Crippen LogP contribution in [-0.2, 0) is 24.3 Å². The molecule has 2 rings (SSSR count). The van der Waals surface area contributed by atoms with E-state index in [2.05, 4.69) is 5.32 Å². The number of hydrogen-bond donors (Lipinski definition) is 1. The fourth-order valence-electron chi connectivity index (χ4n) is 3.06. The Morgan fingerprint density at radius 3 is 2.91 bits per heavy atom.